The minimum absolute atomic E-state index is 0.172. The monoisotopic (exact) mass is 313 g/mol. The van der Waals surface area contributed by atoms with Crippen molar-refractivity contribution >= 4 is 11.9 Å². The molecule has 5 nitrogen and oxygen atoms in total. The Kier molecular flexibility index (Phi) is 5.01. The molecule has 0 spiro atoms. The van der Waals surface area contributed by atoms with Gasteiger partial charge in [0.25, 0.3) is 5.91 Å². The Labute approximate surface area is 134 Å². The quantitative estimate of drug-likeness (QED) is 0.859. The molecular formula is C18H19NO4. The summed E-state index contributed by atoms with van der Waals surface area (Å²) >= 11 is 0. The first kappa shape index (κ1) is 16.5. The van der Waals surface area contributed by atoms with E-state index < -0.39 is 17.4 Å². The van der Waals surface area contributed by atoms with Crippen LogP contribution in [0.5, 0.6) is 5.75 Å². The second kappa shape index (κ2) is 6.96. The molecule has 120 valence electrons. The summed E-state index contributed by atoms with van der Waals surface area (Å²) < 4.78 is 5.08. The molecule has 5 heteroatoms. The Morgan fingerprint density at radius 1 is 1.09 bits per heavy atom. The van der Waals surface area contributed by atoms with Crippen molar-refractivity contribution in [3.63, 3.8) is 0 Å². The highest BCUT2D eigenvalue weighted by Gasteiger charge is 2.35. The number of ether oxygens (including phenoxy) is 1. The highest BCUT2D eigenvalue weighted by Crippen LogP contribution is 2.18. The molecule has 2 N–H and O–H groups in total. The number of carboxylic acid groups (broad SMARTS) is 1. The predicted molar refractivity (Wildman–Crippen MR) is 86.6 cm³/mol. The number of carbonyl (C=O) groups excluding carboxylic acids is 1. The van der Waals surface area contributed by atoms with Crippen molar-refractivity contribution in [3.8, 4) is 5.75 Å². The first-order chi connectivity index (χ1) is 10.9. The van der Waals surface area contributed by atoms with Gasteiger partial charge in [0.1, 0.15) is 11.3 Å². The lowest BCUT2D eigenvalue weighted by Gasteiger charge is -2.26. The number of methoxy groups -OCH3 is 1. The molecule has 0 saturated carbocycles. The van der Waals surface area contributed by atoms with Crippen LogP contribution in [-0.4, -0.2) is 29.6 Å². The maximum Gasteiger partial charge on any atom is 0.329 e. The zero-order valence-electron chi connectivity index (χ0n) is 13.1. The number of carbonyl (C=O) groups is 2. The fourth-order valence-electron chi connectivity index (χ4n) is 2.24. The maximum absolute atomic E-state index is 12.3. The number of carboxylic acids is 1. The SMILES string of the molecule is COc1ccc(CC(C)(NC(=O)c2ccccc2)C(=O)O)cc1. The van der Waals surface area contributed by atoms with Gasteiger partial charge in [-0.2, -0.15) is 0 Å². The van der Waals surface area contributed by atoms with Crippen LogP contribution in [0, 0.1) is 0 Å². The number of amides is 1. The fraction of sp³-hybridized carbons (Fsp3) is 0.222. The van der Waals surface area contributed by atoms with Crippen molar-refractivity contribution in [1.29, 1.82) is 0 Å². The molecule has 0 fully saturated rings. The van der Waals surface area contributed by atoms with E-state index in [1.165, 1.54) is 6.92 Å². The largest absolute Gasteiger partial charge is 0.497 e. The molecule has 23 heavy (non-hydrogen) atoms. The van der Waals surface area contributed by atoms with Crippen LogP contribution < -0.4 is 10.1 Å². The van der Waals surface area contributed by atoms with Crippen LogP contribution >= 0.6 is 0 Å². The zero-order chi connectivity index (χ0) is 16.9. The van der Waals surface area contributed by atoms with Crippen LogP contribution in [0.1, 0.15) is 22.8 Å². The summed E-state index contributed by atoms with van der Waals surface area (Å²) in [5.74, 6) is -0.805. The van der Waals surface area contributed by atoms with Gasteiger partial charge in [-0.3, -0.25) is 4.79 Å². The van der Waals surface area contributed by atoms with Crippen LogP contribution in [0.25, 0.3) is 0 Å². The van der Waals surface area contributed by atoms with E-state index in [-0.39, 0.29) is 6.42 Å². The van der Waals surface area contributed by atoms with Crippen LogP contribution in [0.4, 0.5) is 0 Å². The number of hydrogen-bond acceptors (Lipinski definition) is 3. The van der Waals surface area contributed by atoms with Crippen molar-refractivity contribution < 1.29 is 19.4 Å². The van der Waals surface area contributed by atoms with E-state index in [0.29, 0.717) is 11.3 Å². The molecule has 0 heterocycles. The third kappa shape index (κ3) is 4.10. The maximum atomic E-state index is 12.3. The molecule has 1 unspecified atom stereocenters. The molecule has 2 aromatic carbocycles. The standard InChI is InChI=1S/C18H19NO4/c1-18(17(21)22,12-13-8-10-15(23-2)11-9-13)19-16(20)14-6-4-3-5-7-14/h3-11H,12H2,1-2H3,(H,19,20)(H,21,22). The lowest BCUT2D eigenvalue weighted by molar-refractivity contribution is -0.143. The summed E-state index contributed by atoms with van der Waals surface area (Å²) in [6, 6.07) is 15.6. The summed E-state index contributed by atoms with van der Waals surface area (Å²) in [4.78, 5) is 23.9. The molecule has 0 bridgehead atoms. The molecule has 0 aliphatic heterocycles. The Bertz CT molecular complexity index is 682. The van der Waals surface area contributed by atoms with Gasteiger partial charge in [0.15, 0.2) is 0 Å². The number of nitrogens with one attached hydrogen (secondary N) is 1. The Balaban J connectivity index is 2.18. The average molecular weight is 313 g/mol. The van der Waals surface area contributed by atoms with Crippen molar-refractivity contribution in [3.05, 3.63) is 65.7 Å². The number of benzene rings is 2. The summed E-state index contributed by atoms with van der Waals surface area (Å²) in [6.45, 7) is 1.50. The van der Waals surface area contributed by atoms with Gasteiger partial charge in [-0.15, -0.1) is 0 Å². The number of hydrogen-bond donors (Lipinski definition) is 2. The molecule has 0 aliphatic carbocycles. The highest BCUT2D eigenvalue weighted by atomic mass is 16.5. The van der Waals surface area contributed by atoms with Gasteiger partial charge in [-0.1, -0.05) is 30.3 Å². The average Bonchev–Trinajstić information content (AvgIpc) is 2.56. The van der Waals surface area contributed by atoms with Crippen molar-refractivity contribution in [2.75, 3.05) is 7.11 Å². The normalized spacial score (nSPS) is 13.0. The van der Waals surface area contributed by atoms with E-state index in [9.17, 15) is 14.7 Å². The Hall–Kier alpha value is -2.82. The highest BCUT2D eigenvalue weighted by molar-refractivity contribution is 5.97. The minimum Gasteiger partial charge on any atom is -0.497 e. The van der Waals surface area contributed by atoms with Crippen molar-refractivity contribution in [1.82, 2.24) is 5.32 Å². The van der Waals surface area contributed by atoms with E-state index in [1.54, 1.807) is 61.7 Å². The number of aliphatic carboxylic acids is 1. The van der Waals surface area contributed by atoms with Gasteiger partial charge in [0, 0.05) is 12.0 Å². The summed E-state index contributed by atoms with van der Waals surface area (Å²) in [7, 11) is 1.57. The van der Waals surface area contributed by atoms with Crippen LogP contribution in [0.15, 0.2) is 54.6 Å². The second-order valence-corrected chi connectivity index (χ2v) is 5.48. The van der Waals surface area contributed by atoms with Gasteiger partial charge in [-0.25, -0.2) is 4.79 Å². The molecule has 2 rings (SSSR count). The van der Waals surface area contributed by atoms with E-state index in [0.717, 1.165) is 5.56 Å². The topological polar surface area (TPSA) is 75.6 Å². The zero-order valence-corrected chi connectivity index (χ0v) is 13.1. The molecular weight excluding hydrogens is 294 g/mol. The molecule has 0 radical (unpaired) electrons. The van der Waals surface area contributed by atoms with Gasteiger partial charge >= 0.3 is 5.97 Å². The van der Waals surface area contributed by atoms with Gasteiger partial charge in [0.05, 0.1) is 7.11 Å². The molecule has 0 aliphatic rings. The fourth-order valence-corrected chi connectivity index (χ4v) is 2.24. The molecule has 1 atom stereocenters. The summed E-state index contributed by atoms with van der Waals surface area (Å²) in [5, 5.41) is 12.2. The smallest absolute Gasteiger partial charge is 0.329 e. The minimum atomic E-state index is -1.40. The van der Waals surface area contributed by atoms with Crippen LogP contribution in [0.3, 0.4) is 0 Å². The first-order valence-corrected chi connectivity index (χ1v) is 7.18. The summed E-state index contributed by atoms with van der Waals surface area (Å²) in [6.07, 6.45) is 0.172. The molecule has 1 amide bonds. The van der Waals surface area contributed by atoms with Gasteiger partial charge < -0.3 is 15.2 Å². The lowest BCUT2D eigenvalue weighted by atomic mass is 9.92. The third-order valence-corrected chi connectivity index (χ3v) is 3.61. The summed E-state index contributed by atoms with van der Waals surface area (Å²) in [5.41, 5.74) is -0.180. The number of rotatable bonds is 6. The predicted octanol–water partition coefficient (Wildman–Crippen LogP) is 2.51. The van der Waals surface area contributed by atoms with Crippen LogP contribution in [-0.2, 0) is 11.2 Å². The molecule has 0 aromatic heterocycles. The van der Waals surface area contributed by atoms with Crippen molar-refractivity contribution in [2.24, 2.45) is 0 Å². The Morgan fingerprint density at radius 2 is 1.70 bits per heavy atom. The Morgan fingerprint density at radius 3 is 2.22 bits per heavy atom. The van der Waals surface area contributed by atoms with E-state index >= 15 is 0 Å². The van der Waals surface area contributed by atoms with Gasteiger partial charge in [-0.05, 0) is 36.8 Å². The van der Waals surface area contributed by atoms with Gasteiger partial charge in [0.2, 0.25) is 0 Å². The van der Waals surface area contributed by atoms with E-state index in [2.05, 4.69) is 5.32 Å². The first-order valence-electron chi connectivity index (χ1n) is 7.18. The van der Waals surface area contributed by atoms with E-state index in [1.807, 2.05) is 0 Å². The van der Waals surface area contributed by atoms with Crippen molar-refractivity contribution in [2.45, 2.75) is 18.9 Å². The van der Waals surface area contributed by atoms with E-state index in [4.69, 9.17) is 4.74 Å². The third-order valence-electron chi connectivity index (χ3n) is 3.61. The lowest BCUT2D eigenvalue weighted by Crippen LogP contribution is -2.53. The van der Waals surface area contributed by atoms with Crippen LogP contribution in [0.2, 0.25) is 0 Å². The second-order valence-electron chi connectivity index (χ2n) is 5.48. The molecule has 0 saturated heterocycles. The molecule has 2 aromatic rings.